The largest absolute Gasteiger partial charge is 0.428 e. The van der Waals surface area contributed by atoms with E-state index in [1.807, 2.05) is 0 Å². The van der Waals surface area contributed by atoms with Crippen LogP contribution in [0.2, 0.25) is 0 Å². The van der Waals surface area contributed by atoms with E-state index in [0.717, 1.165) is 0 Å². The summed E-state index contributed by atoms with van der Waals surface area (Å²) >= 11 is 10.1. The molecular formula is C6H9Cl3F3NO. The highest BCUT2D eigenvalue weighted by Gasteiger charge is 2.35. The molecule has 0 rings (SSSR count). The van der Waals surface area contributed by atoms with Crippen LogP contribution in [-0.2, 0) is 0 Å². The topological polar surface area (TPSA) is 46.2 Å². The van der Waals surface area contributed by atoms with E-state index in [2.05, 4.69) is 0 Å². The van der Waals surface area contributed by atoms with Gasteiger partial charge in [0.2, 0.25) is 0 Å². The molecule has 1 unspecified atom stereocenters. The lowest BCUT2D eigenvalue weighted by Gasteiger charge is -2.10. The molecule has 0 saturated carbocycles. The normalized spacial score (nSPS) is 15.6. The maximum absolute atomic E-state index is 11.9. The van der Waals surface area contributed by atoms with Gasteiger partial charge in [0.15, 0.2) is 0 Å². The molecule has 14 heavy (non-hydrogen) atoms. The number of hydrogen-bond acceptors (Lipinski definition) is 2. The van der Waals surface area contributed by atoms with Crippen molar-refractivity contribution in [1.29, 1.82) is 0 Å². The molecule has 0 aromatic heterocycles. The summed E-state index contributed by atoms with van der Waals surface area (Å²) in [4.78, 5) is 0. The highest BCUT2D eigenvalue weighted by Crippen LogP contribution is 2.34. The summed E-state index contributed by atoms with van der Waals surface area (Å²) in [7, 11) is 0. The molecule has 2 nitrogen and oxygen atoms in total. The summed E-state index contributed by atoms with van der Waals surface area (Å²) in [5, 5.41) is 6.46. The predicted molar refractivity (Wildman–Crippen MR) is 51.7 cm³/mol. The van der Waals surface area contributed by atoms with E-state index in [4.69, 9.17) is 34.0 Å². The summed E-state index contributed by atoms with van der Waals surface area (Å²) in [5.74, 6) is 0. The highest BCUT2D eigenvalue weighted by molar-refractivity contribution is 6.39. The molecule has 1 atom stereocenters. The second-order valence-corrected chi connectivity index (χ2v) is 3.20. The number of hydrogen-bond donors (Lipinski definition) is 2. The Morgan fingerprint density at radius 2 is 1.79 bits per heavy atom. The van der Waals surface area contributed by atoms with Crippen molar-refractivity contribution >= 4 is 35.6 Å². The zero-order chi connectivity index (χ0) is 10.6. The van der Waals surface area contributed by atoms with E-state index < -0.39 is 28.9 Å². The summed E-state index contributed by atoms with van der Waals surface area (Å²) in [6.45, 7) is -0.446. The fourth-order valence-corrected chi connectivity index (χ4v) is 0.921. The molecule has 0 amide bonds. The Kier molecular flexibility index (Phi) is 8.06. The monoisotopic (exact) mass is 273 g/mol. The van der Waals surface area contributed by atoms with Crippen LogP contribution in [0.4, 0.5) is 13.2 Å². The van der Waals surface area contributed by atoms with E-state index >= 15 is 0 Å². The number of aliphatic hydroxyl groups is 1. The van der Waals surface area contributed by atoms with Gasteiger partial charge < -0.3 is 10.8 Å². The molecule has 0 fully saturated rings. The van der Waals surface area contributed by atoms with Gasteiger partial charge in [-0.1, -0.05) is 23.2 Å². The predicted octanol–water partition coefficient (Wildman–Crippen LogP) is 2.37. The first-order valence-corrected chi connectivity index (χ1v) is 4.02. The zero-order valence-electron chi connectivity index (χ0n) is 6.81. The Bertz CT molecular complexity index is 207. The number of nitrogens with two attached hydrogens (primary N) is 1. The van der Waals surface area contributed by atoms with Crippen molar-refractivity contribution in [3.05, 3.63) is 10.1 Å². The van der Waals surface area contributed by atoms with Crippen LogP contribution in [0.15, 0.2) is 10.1 Å². The first kappa shape index (κ1) is 16.7. The van der Waals surface area contributed by atoms with Crippen molar-refractivity contribution in [3.8, 4) is 0 Å². The van der Waals surface area contributed by atoms with E-state index in [9.17, 15) is 13.2 Å². The van der Waals surface area contributed by atoms with Gasteiger partial charge in [0.25, 0.3) is 0 Å². The van der Waals surface area contributed by atoms with Crippen LogP contribution in [0, 0.1) is 0 Å². The number of allylic oxidation sites excluding steroid dienone is 1. The van der Waals surface area contributed by atoms with Crippen molar-refractivity contribution in [1.82, 2.24) is 0 Å². The lowest BCUT2D eigenvalue weighted by molar-refractivity contribution is -0.0850. The van der Waals surface area contributed by atoms with Crippen molar-refractivity contribution in [2.75, 3.05) is 6.61 Å². The SMILES string of the molecule is Cl.NC(CO)C/C(Cl)=C(\Cl)C(F)(F)F. The van der Waals surface area contributed by atoms with Gasteiger partial charge in [-0.25, -0.2) is 0 Å². The first-order chi connectivity index (χ1) is 5.79. The minimum Gasteiger partial charge on any atom is -0.395 e. The Morgan fingerprint density at radius 1 is 1.36 bits per heavy atom. The molecule has 86 valence electrons. The van der Waals surface area contributed by atoms with Crippen LogP contribution in [0.5, 0.6) is 0 Å². The molecule has 0 bridgehead atoms. The highest BCUT2D eigenvalue weighted by atomic mass is 35.5. The average molecular weight is 274 g/mol. The maximum Gasteiger partial charge on any atom is 0.428 e. The lowest BCUT2D eigenvalue weighted by atomic mass is 10.2. The third kappa shape index (κ3) is 5.93. The Morgan fingerprint density at radius 3 is 2.07 bits per heavy atom. The zero-order valence-corrected chi connectivity index (χ0v) is 9.14. The molecule has 0 saturated heterocycles. The Balaban J connectivity index is 0. The minimum atomic E-state index is -4.66. The van der Waals surface area contributed by atoms with Crippen molar-refractivity contribution in [2.24, 2.45) is 5.73 Å². The molecular weight excluding hydrogens is 265 g/mol. The molecule has 0 aliphatic heterocycles. The van der Waals surface area contributed by atoms with Gasteiger partial charge in [-0.15, -0.1) is 12.4 Å². The molecule has 0 spiro atoms. The molecule has 8 heteroatoms. The summed E-state index contributed by atoms with van der Waals surface area (Å²) in [6, 6.07) is -0.830. The first-order valence-electron chi connectivity index (χ1n) is 3.26. The van der Waals surface area contributed by atoms with Gasteiger partial charge in [0.1, 0.15) is 5.03 Å². The Hall–Kier alpha value is 0.320. The fourth-order valence-electron chi connectivity index (χ4n) is 0.538. The molecule has 0 aromatic rings. The van der Waals surface area contributed by atoms with E-state index in [1.165, 1.54) is 0 Å². The standard InChI is InChI=1S/C6H8Cl2F3NO.ClH/c7-4(1-3(12)2-13)5(8)6(9,10)11;/h3,13H,1-2,12H2;1H/b5-4+;. The van der Waals surface area contributed by atoms with E-state index in [1.54, 1.807) is 0 Å². The number of alkyl halides is 3. The molecule has 0 heterocycles. The minimum absolute atomic E-state index is 0. The van der Waals surface area contributed by atoms with Gasteiger partial charge in [-0.3, -0.25) is 0 Å². The molecule has 0 aliphatic rings. The van der Waals surface area contributed by atoms with Gasteiger partial charge in [-0.2, -0.15) is 13.2 Å². The molecule has 0 radical (unpaired) electrons. The van der Waals surface area contributed by atoms with Crippen LogP contribution in [-0.4, -0.2) is 23.9 Å². The number of halogens is 6. The summed E-state index contributed by atoms with van der Waals surface area (Å²) < 4.78 is 35.6. The fraction of sp³-hybridized carbons (Fsp3) is 0.667. The van der Waals surface area contributed by atoms with Crippen LogP contribution in [0.1, 0.15) is 6.42 Å². The third-order valence-corrected chi connectivity index (χ3v) is 2.05. The van der Waals surface area contributed by atoms with Gasteiger partial charge in [0, 0.05) is 17.5 Å². The van der Waals surface area contributed by atoms with Crippen LogP contribution in [0.25, 0.3) is 0 Å². The van der Waals surface area contributed by atoms with Crippen LogP contribution < -0.4 is 5.73 Å². The second-order valence-electron chi connectivity index (χ2n) is 2.36. The van der Waals surface area contributed by atoms with Crippen molar-refractivity contribution in [3.63, 3.8) is 0 Å². The number of aliphatic hydroxyl groups excluding tert-OH is 1. The lowest BCUT2D eigenvalue weighted by Crippen LogP contribution is -2.25. The van der Waals surface area contributed by atoms with Gasteiger partial charge >= 0.3 is 6.18 Å². The van der Waals surface area contributed by atoms with Crippen LogP contribution in [0.3, 0.4) is 0 Å². The van der Waals surface area contributed by atoms with E-state index in [0.29, 0.717) is 0 Å². The Labute approximate surface area is 95.3 Å². The van der Waals surface area contributed by atoms with Crippen molar-refractivity contribution < 1.29 is 18.3 Å². The van der Waals surface area contributed by atoms with Gasteiger partial charge in [-0.05, 0) is 0 Å². The quantitative estimate of drug-likeness (QED) is 0.830. The number of rotatable bonds is 3. The smallest absolute Gasteiger partial charge is 0.395 e. The third-order valence-electron chi connectivity index (χ3n) is 1.16. The molecule has 3 N–H and O–H groups in total. The molecule has 0 aromatic carbocycles. The maximum atomic E-state index is 11.9. The summed E-state index contributed by atoms with van der Waals surface area (Å²) in [6.07, 6.45) is -4.95. The van der Waals surface area contributed by atoms with Crippen molar-refractivity contribution in [2.45, 2.75) is 18.6 Å². The second kappa shape index (κ2) is 6.74. The average Bonchev–Trinajstić information content (AvgIpc) is 2.01. The molecule has 0 aliphatic carbocycles. The van der Waals surface area contributed by atoms with Gasteiger partial charge in [0.05, 0.1) is 6.61 Å². The summed E-state index contributed by atoms with van der Waals surface area (Å²) in [5.41, 5.74) is 5.16. The van der Waals surface area contributed by atoms with Crippen LogP contribution >= 0.6 is 35.6 Å². The van der Waals surface area contributed by atoms with E-state index in [-0.39, 0.29) is 18.8 Å².